The van der Waals surface area contributed by atoms with Gasteiger partial charge in [-0.15, -0.1) is 11.3 Å². The van der Waals surface area contributed by atoms with Crippen molar-refractivity contribution in [1.82, 2.24) is 9.97 Å². The molecule has 2 aromatic carbocycles. The van der Waals surface area contributed by atoms with Gasteiger partial charge in [0.2, 0.25) is 0 Å². The number of rotatable bonds is 7. The molecular formula is C24H23N3O4S. The number of carboxylic acid groups (broad SMARTS) is 1. The molecule has 8 heteroatoms. The van der Waals surface area contributed by atoms with Gasteiger partial charge in [0.1, 0.15) is 22.7 Å². The Hall–Kier alpha value is -3.23. The summed E-state index contributed by atoms with van der Waals surface area (Å²) in [5, 5.41) is 13.1. The van der Waals surface area contributed by atoms with E-state index in [-0.39, 0.29) is 6.61 Å². The van der Waals surface area contributed by atoms with Gasteiger partial charge in [-0.05, 0) is 49.1 Å². The van der Waals surface area contributed by atoms with Crippen LogP contribution in [0.4, 0.5) is 11.7 Å². The average Bonchev–Trinajstić information content (AvgIpc) is 3.53. The van der Waals surface area contributed by atoms with Crippen LogP contribution in [0.15, 0.2) is 53.1 Å². The standard InChI is InChI=1S/C24H23N3O4S/c1-15-5-4-6-18-21(15)31-23(27-18)26-17-9-7-16(8-10-17)19-13-25-22(32-19)24(11-2-3-12-24)30-14-20(28)29/h4-10,13H,2-3,11-12,14H2,1H3,(H,26,27)(H,28,29). The Bertz CT molecular complexity index is 1260. The van der Waals surface area contributed by atoms with Crippen LogP contribution < -0.4 is 5.32 Å². The molecule has 1 fully saturated rings. The number of aromatic nitrogens is 2. The Labute approximate surface area is 189 Å². The van der Waals surface area contributed by atoms with E-state index >= 15 is 0 Å². The van der Waals surface area contributed by atoms with Crippen molar-refractivity contribution >= 4 is 40.1 Å². The number of nitrogens with zero attached hydrogens (tertiary/aromatic N) is 2. The number of carbonyl (C=O) groups is 1. The summed E-state index contributed by atoms with van der Waals surface area (Å²) in [6.07, 6.45) is 5.49. The maximum atomic E-state index is 11.0. The maximum absolute atomic E-state index is 11.0. The van der Waals surface area contributed by atoms with Crippen LogP contribution in [0.1, 0.15) is 36.3 Å². The number of hydrogen-bond acceptors (Lipinski definition) is 7. The summed E-state index contributed by atoms with van der Waals surface area (Å²) in [6.45, 7) is 1.70. The van der Waals surface area contributed by atoms with Crippen molar-refractivity contribution in [2.45, 2.75) is 38.2 Å². The predicted molar refractivity (Wildman–Crippen MR) is 123 cm³/mol. The summed E-state index contributed by atoms with van der Waals surface area (Å²) < 4.78 is 11.7. The van der Waals surface area contributed by atoms with Crippen LogP contribution in [0, 0.1) is 6.92 Å². The first-order chi connectivity index (χ1) is 15.5. The van der Waals surface area contributed by atoms with E-state index in [1.165, 1.54) is 0 Å². The number of thiazole rings is 1. The fourth-order valence-electron chi connectivity index (χ4n) is 4.17. The van der Waals surface area contributed by atoms with Gasteiger partial charge in [0.25, 0.3) is 6.01 Å². The zero-order valence-corrected chi connectivity index (χ0v) is 18.4. The van der Waals surface area contributed by atoms with E-state index in [0.717, 1.165) is 63.5 Å². The van der Waals surface area contributed by atoms with Gasteiger partial charge in [-0.3, -0.25) is 0 Å². The van der Waals surface area contributed by atoms with Crippen LogP contribution in [0.5, 0.6) is 0 Å². The summed E-state index contributed by atoms with van der Waals surface area (Å²) in [6, 6.07) is 14.3. The number of hydrogen-bond donors (Lipinski definition) is 2. The number of oxazole rings is 1. The number of benzene rings is 2. The Balaban J connectivity index is 1.33. The highest BCUT2D eigenvalue weighted by Gasteiger charge is 2.40. The first kappa shape index (κ1) is 20.7. The molecule has 1 aliphatic rings. The second kappa shape index (κ2) is 8.37. The van der Waals surface area contributed by atoms with Crippen LogP contribution in [0.25, 0.3) is 21.5 Å². The van der Waals surface area contributed by atoms with Crippen molar-refractivity contribution in [3.05, 3.63) is 59.2 Å². The Morgan fingerprint density at radius 3 is 2.72 bits per heavy atom. The molecule has 2 aromatic heterocycles. The summed E-state index contributed by atoms with van der Waals surface area (Å²) in [7, 11) is 0. The second-order valence-electron chi connectivity index (χ2n) is 8.06. The number of nitrogens with one attached hydrogen (secondary N) is 1. The maximum Gasteiger partial charge on any atom is 0.329 e. The van der Waals surface area contributed by atoms with E-state index in [4.69, 9.17) is 14.3 Å². The minimum Gasteiger partial charge on any atom is -0.480 e. The molecule has 1 aliphatic carbocycles. The van der Waals surface area contributed by atoms with Crippen molar-refractivity contribution in [1.29, 1.82) is 0 Å². The van der Waals surface area contributed by atoms with E-state index in [1.54, 1.807) is 11.3 Å². The van der Waals surface area contributed by atoms with E-state index in [9.17, 15) is 4.79 Å². The molecule has 2 heterocycles. The third kappa shape index (κ3) is 3.99. The second-order valence-corrected chi connectivity index (χ2v) is 9.09. The van der Waals surface area contributed by atoms with Crippen molar-refractivity contribution in [3.8, 4) is 10.4 Å². The lowest BCUT2D eigenvalue weighted by Crippen LogP contribution is -2.28. The normalized spacial score (nSPS) is 15.3. The minimum absolute atomic E-state index is 0.301. The lowest BCUT2D eigenvalue weighted by atomic mass is 10.0. The molecule has 7 nitrogen and oxygen atoms in total. The molecule has 0 saturated heterocycles. The molecule has 4 aromatic rings. The SMILES string of the molecule is Cc1cccc2nc(Nc3ccc(-c4cnc(C5(OCC(=O)O)CCCC5)s4)cc3)oc12. The van der Waals surface area contributed by atoms with E-state index in [1.807, 2.05) is 55.6 Å². The van der Waals surface area contributed by atoms with Gasteiger partial charge in [-0.1, -0.05) is 37.1 Å². The zero-order chi connectivity index (χ0) is 22.1. The molecule has 5 rings (SSSR count). The number of para-hydroxylation sites is 1. The molecule has 0 unspecified atom stereocenters. The minimum atomic E-state index is -0.953. The fourth-order valence-corrected chi connectivity index (χ4v) is 5.29. The summed E-state index contributed by atoms with van der Waals surface area (Å²) in [5.41, 5.74) is 4.00. The molecule has 0 spiro atoms. The van der Waals surface area contributed by atoms with E-state index in [2.05, 4.69) is 15.3 Å². The smallest absolute Gasteiger partial charge is 0.329 e. The Morgan fingerprint density at radius 1 is 1.22 bits per heavy atom. The molecule has 0 bridgehead atoms. The van der Waals surface area contributed by atoms with Gasteiger partial charge in [0.15, 0.2) is 5.58 Å². The largest absolute Gasteiger partial charge is 0.480 e. The molecule has 1 saturated carbocycles. The highest BCUT2D eigenvalue weighted by molar-refractivity contribution is 7.15. The highest BCUT2D eigenvalue weighted by Crippen LogP contribution is 2.45. The van der Waals surface area contributed by atoms with Crippen LogP contribution in [-0.4, -0.2) is 27.7 Å². The predicted octanol–water partition coefficient (Wildman–Crippen LogP) is 5.87. The van der Waals surface area contributed by atoms with Crippen LogP contribution >= 0.6 is 11.3 Å². The number of carboxylic acids is 1. The third-order valence-corrected chi connectivity index (χ3v) is 7.04. The monoisotopic (exact) mass is 449 g/mol. The molecule has 164 valence electrons. The lowest BCUT2D eigenvalue weighted by Gasteiger charge is -2.26. The van der Waals surface area contributed by atoms with Crippen molar-refractivity contribution in [2.24, 2.45) is 0 Å². The van der Waals surface area contributed by atoms with Gasteiger partial charge < -0.3 is 19.6 Å². The number of fused-ring (bicyclic) bond motifs is 1. The fraction of sp³-hybridized carbons (Fsp3) is 0.292. The van der Waals surface area contributed by atoms with Gasteiger partial charge >= 0.3 is 5.97 Å². The molecule has 0 aliphatic heterocycles. The van der Waals surface area contributed by atoms with Crippen molar-refractivity contribution < 1.29 is 19.1 Å². The molecule has 0 radical (unpaired) electrons. The van der Waals surface area contributed by atoms with Crippen LogP contribution in [0.3, 0.4) is 0 Å². The van der Waals surface area contributed by atoms with Gasteiger partial charge in [0, 0.05) is 11.9 Å². The lowest BCUT2D eigenvalue weighted by molar-refractivity contribution is -0.150. The van der Waals surface area contributed by atoms with Gasteiger partial charge in [-0.25, -0.2) is 9.78 Å². The third-order valence-electron chi connectivity index (χ3n) is 5.81. The summed E-state index contributed by atoms with van der Waals surface area (Å²) in [4.78, 5) is 21.2. The number of anilines is 2. The zero-order valence-electron chi connectivity index (χ0n) is 17.6. The molecule has 32 heavy (non-hydrogen) atoms. The number of aliphatic carboxylic acids is 1. The number of ether oxygens (including phenoxy) is 1. The van der Waals surface area contributed by atoms with Crippen LogP contribution in [-0.2, 0) is 15.1 Å². The van der Waals surface area contributed by atoms with E-state index < -0.39 is 11.6 Å². The van der Waals surface area contributed by atoms with Crippen LogP contribution in [0.2, 0.25) is 0 Å². The van der Waals surface area contributed by atoms with Gasteiger partial charge in [-0.2, -0.15) is 4.98 Å². The highest BCUT2D eigenvalue weighted by atomic mass is 32.1. The topological polar surface area (TPSA) is 97.5 Å². The molecule has 0 amide bonds. The van der Waals surface area contributed by atoms with Gasteiger partial charge in [0.05, 0.1) is 4.88 Å². The first-order valence-electron chi connectivity index (χ1n) is 10.6. The average molecular weight is 450 g/mol. The molecule has 0 atom stereocenters. The Morgan fingerprint density at radius 2 is 2.00 bits per heavy atom. The molecular weight excluding hydrogens is 426 g/mol. The quantitative estimate of drug-likeness (QED) is 0.364. The summed E-state index contributed by atoms with van der Waals surface area (Å²) >= 11 is 1.57. The number of aryl methyl sites for hydroxylation is 1. The first-order valence-corrected chi connectivity index (χ1v) is 11.4. The summed E-state index contributed by atoms with van der Waals surface area (Å²) in [5.74, 6) is -0.953. The van der Waals surface area contributed by atoms with Crippen molar-refractivity contribution in [3.63, 3.8) is 0 Å². The van der Waals surface area contributed by atoms with E-state index in [0.29, 0.717) is 6.01 Å². The Kier molecular flexibility index (Phi) is 5.40. The molecule has 2 N–H and O–H groups in total. The van der Waals surface area contributed by atoms with Crippen molar-refractivity contribution in [2.75, 3.05) is 11.9 Å².